The Hall–Kier alpha value is -2.58. The Balaban J connectivity index is 1.66. The molecular weight excluding hydrogens is 378 g/mol. The van der Waals surface area contributed by atoms with Crippen molar-refractivity contribution in [2.24, 2.45) is 4.99 Å². The molecule has 0 unspecified atom stereocenters. The predicted molar refractivity (Wildman–Crippen MR) is 99.4 cm³/mol. The van der Waals surface area contributed by atoms with Gasteiger partial charge in [0.2, 0.25) is 5.91 Å². The maximum atomic E-state index is 12.1. The molecule has 26 heavy (non-hydrogen) atoms. The molecule has 2 aromatic carbocycles. The summed E-state index contributed by atoms with van der Waals surface area (Å²) in [6, 6.07) is 11.5. The van der Waals surface area contributed by atoms with Gasteiger partial charge < -0.3 is 10.1 Å². The summed E-state index contributed by atoms with van der Waals surface area (Å²) in [7, 11) is -2.09. The zero-order chi connectivity index (χ0) is 18.7. The smallest absolute Gasteiger partial charge is 0.263 e. The molecule has 0 aromatic heterocycles. The number of hydrogen-bond acceptors (Lipinski definition) is 5. The molecule has 2 N–H and O–H groups in total. The van der Waals surface area contributed by atoms with Crippen molar-refractivity contribution in [3.63, 3.8) is 0 Å². The molecule has 0 bridgehead atoms. The van der Waals surface area contributed by atoms with Crippen LogP contribution in [0.4, 0.5) is 5.69 Å². The Kier molecular flexibility index (Phi) is 5.15. The Morgan fingerprint density at radius 2 is 2.04 bits per heavy atom. The van der Waals surface area contributed by atoms with E-state index in [4.69, 9.17) is 16.3 Å². The summed E-state index contributed by atoms with van der Waals surface area (Å²) >= 11 is 5.93. The fourth-order valence-corrected chi connectivity index (χ4v) is 3.93. The van der Waals surface area contributed by atoms with Crippen molar-refractivity contribution in [3.8, 4) is 5.75 Å². The van der Waals surface area contributed by atoms with Crippen LogP contribution in [0.15, 0.2) is 52.4 Å². The summed E-state index contributed by atoms with van der Waals surface area (Å²) < 4.78 is 31.6. The summed E-state index contributed by atoms with van der Waals surface area (Å²) in [5.41, 5.74) is 0.967. The monoisotopic (exact) mass is 393 g/mol. The second kappa shape index (κ2) is 7.35. The van der Waals surface area contributed by atoms with Crippen molar-refractivity contribution in [1.29, 1.82) is 0 Å². The lowest BCUT2D eigenvalue weighted by Crippen LogP contribution is -2.23. The van der Waals surface area contributed by atoms with Crippen LogP contribution in [0.25, 0.3) is 0 Å². The molecule has 2 aromatic rings. The van der Waals surface area contributed by atoms with E-state index in [1.165, 1.54) is 13.2 Å². The lowest BCUT2D eigenvalue weighted by atomic mass is 10.2. The molecule has 0 saturated carbocycles. The van der Waals surface area contributed by atoms with Crippen LogP contribution in [0.2, 0.25) is 5.02 Å². The first-order chi connectivity index (χ1) is 12.4. The minimum Gasteiger partial charge on any atom is -0.495 e. The van der Waals surface area contributed by atoms with Crippen LogP contribution in [-0.4, -0.2) is 33.8 Å². The minimum absolute atomic E-state index is 0.0725. The Morgan fingerprint density at radius 3 is 2.81 bits per heavy atom. The SMILES string of the molecule is COc1ccc(Cl)cc1NC(=O)CCN=C1NS(=O)(=O)c2ccccc21. The standard InChI is InChI=1S/C17H16ClN3O4S/c1-25-14-7-6-11(18)10-13(14)20-16(22)8-9-19-17-12-4-2-3-5-15(12)26(23,24)21-17/h2-7,10H,8-9H2,1H3,(H,19,21)(H,20,22). The van der Waals surface area contributed by atoms with Crippen molar-refractivity contribution in [2.45, 2.75) is 11.3 Å². The zero-order valence-corrected chi connectivity index (χ0v) is 15.4. The Labute approximate surface area is 156 Å². The largest absolute Gasteiger partial charge is 0.495 e. The zero-order valence-electron chi connectivity index (χ0n) is 13.8. The van der Waals surface area contributed by atoms with Gasteiger partial charge in [0.05, 0.1) is 24.2 Å². The molecule has 0 saturated heterocycles. The van der Waals surface area contributed by atoms with Crippen LogP contribution in [-0.2, 0) is 14.8 Å². The van der Waals surface area contributed by atoms with Gasteiger partial charge in [-0.25, -0.2) is 8.42 Å². The maximum Gasteiger partial charge on any atom is 0.263 e. The summed E-state index contributed by atoms with van der Waals surface area (Å²) in [6.45, 7) is 0.126. The number of benzene rings is 2. The van der Waals surface area contributed by atoms with Gasteiger partial charge in [0.25, 0.3) is 10.0 Å². The molecule has 1 amide bonds. The number of nitrogens with zero attached hydrogens (tertiary/aromatic N) is 1. The lowest BCUT2D eigenvalue weighted by Gasteiger charge is -2.10. The van der Waals surface area contributed by atoms with Gasteiger partial charge in [-0.3, -0.25) is 14.5 Å². The summed E-state index contributed by atoms with van der Waals surface area (Å²) in [4.78, 5) is 16.5. The second-order valence-corrected chi connectivity index (χ2v) is 7.56. The molecule has 0 atom stereocenters. The molecule has 1 aliphatic rings. The van der Waals surface area contributed by atoms with E-state index < -0.39 is 10.0 Å². The molecule has 0 fully saturated rings. The molecule has 0 spiro atoms. The third-order valence-corrected chi connectivity index (χ3v) is 5.34. The number of carbonyl (C=O) groups excluding carboxylic acids is 1. The van der Waals surface area contributed by atoms with Crippen LogP contribution >= 0.6 is 11.6 Å². The van der Waals surface area contributed by atoms with Crippen molar-refractivity contribution in [3.05, 3.63) is 53.1 Å². The van der Waals surface area contributed by atoms with Gasteiger partial charge in [0.1, 0.15) is 11.6 Å². The van der Waals surface area contributed by atoms with Gasteiger partial charge in [0, 0.05) is 17.0 Å². The van der Waals surface area contributed by atoms with Crippen molar-refractivity contribution in [1.82, 2.24) is 4.72 Å². The number of nitrogens with one attached hydrogen (secondary N) is 2. The summed E-state index contributed by atoms with van der Waals surface area (Å²) in [5, 5.41) is 3.18. The maximum absolute atomic E-state index is 12.1. The third-order valence-electron chi connectivity index (χ3n) is 3.71. The summed E-state index contributed by atoms with van der Waals surface area (Å²) in [5.74, 6) is 0.448. The van der Waals surface area contributed by atoms with E-state index in [1.807, 2.05) is 0 Å². The number of carbonyl (C=O) groups is 1. The van der Waals surface area contributed by atoms with E-state index in [9.17, 15) is 13.2 Å². The second-order valence-electron chi connectivity index (χ2n) is 5.47. The van der Waals surface area contributed by atoms with Crippen LogP contribution in [0.3, 0.4) is 0 Å². The molecule has 1 heterocycles. The van der Waals surface area contributed by atoms with Gasteiger partial charge >= 0.3 is 0 Å². The molecule has 7 nitrogen and oxygen atoms in total. The van der Waals surface area contributed by atoms with Gasteiger partial charge in [0.15, 0.2) is 0 Å². The summed E-state index contributed by atoms with van der Waals surface area (Å²) in [6.07, 6.45) is 0.0725. The number of halogens is 1. The number of aliphatic imine (C=N–C) groups is 1. The first-order valence-corrected chi connectivity index (χ1v) is 9.57. The van der Waals surface area contributed by atoms with Crippen LogP contribution < -0.4 is 14.8 Å². The third kappa shape index (κ3) is 3.81. The van der Waals surface area contributed by atoms with Crippen molar-refractivity contribution < 1.29 is 17.9 Å². The number of rotatable bonds is 5. The highest BCUT2D eigenvalue weighted by Crippen LogP contribution is 2.27. The van der Waals surface area contributed by atoms with Gasteiger partial charge in [-0.2, -0.15) is 0 Å². The van der Waals surface area contributed by atoms with E-state index in [-0.39, 0.29) is 29.6 Å². The fourth-order valence-electron chi connectivity index (χ4n) is 2.51. The molecule has 0 aliphatic carbocycles. The molecule has 1 aliphatic heterocycles. The minimum atomic E-state index is -3.58. The van der Waals surface area contributed by atoms with Crippen molar-refractivity contribution >= 4 is 39.1 Å². The average molecular weight is 394 g/mol. The number of anilines is 1. The van der Waals surface area contributed by atoms with E-state index in [0.717, 1.165) is 0 Å². The van der Waals surface area contributed by atoms with Crippen LogP contribution in [0, 0.1) is 0 Å². The quantitative estimate of drug-likeness (QED) is 0.815. The van der Waals surface area contributed by atoms with Crippen LogP contribution in [0.5, 0.6) is 5.75 Å². The van der Waals surface area contributed by atoms with E-state index in [2.05, 4.69) is 15.0 Å². The number of hydrogen-bond donors (Lipinski definition) is 2. The van der Waals surface area contributed by atoms with E-state index in [1.54, 1.807) is 36.4 Å². The topological polar surface area (TPSA) is 96.9 Å². The van der Waals surface area contributed by atoms with Gasteiger partial charge in [-0.1, -0.05) is 23.7 Å². The molecule has 9 heteroatoms. The van der Waals surface area contributed by atoms with Gasteiger partial charge in [-0.05, 0) is 30.3 Å². The normalized spacial score (nSPS) is 16.0. The van der Waals surface area contributed by atoms with Crippen molar-refractivity contribution in [2.75, 3.05) is 19.0 Å². The first-order valence-electron chi connectivity index (χ1n) is 7.71. The van der Waals surface area contributed by atoms with E-state index >= 15 is 0 Å². The highest BCUT2D eigenvalue weighted by molar-refractivity contribution is 7.90. The Morgan fingerprint density at radius 1 is 1.27 bits per heavy atom. The number of ether oxygens (including phenoxy) is 1. The average Bonchev–Trinajstić information content (AvgIpc) is 2.86. The number of amidine groups is 1. The molecular formula is C17H16ClN3O4S. The van der Waals surface area contributed by atoms with Gasteiger partial charge in [-0.15, -0.1) is 0 Å². The number of sulfonamides is 1. The fraction of sp³-hybridized carbons (Fsp3) is 0.176. The number of fused-ring (bicyclic) bond motifs is 1. The first kappa shape index (κ1) is 18.2. The highest BCUT2D eigenvalue weighted by atomic mass is 35.5. The molecule has 0 radical (unpaired) electrons. The predicted octanol–water partition coefficient (Wildman–Crippen LogP) is 2.42. The lowest BCUT2D eigenvalue weighted by molar-refractivity contribution is -0.116. The van der Waals surface area contributed by atoms with E-state index in [0.29, 0.717) is 22.0 Å². The Bertz CT molecular complexity index is 989. The molecule has 136 valence electrons. The highest BCUT2D eigenvalue weighted by Gasteiger charge is 2.29. The number of amides is 1. The van der Waals surface area contributed by atoms with Crippen LogP contribution in [0.1, 0.15) is 12.0 Å². The number of methoxy groups -OCH3 is 1. The molecule has 3 rings (SSSR count).